The maximum atomic E-state index is 12.6. The number of halogens is 1. The van der Waals surface area contributed by atoms with E-state index in [-0.39, 0.29) is 11.7 Å². The number of benzene rings is 2. The van der Waals surface area contributed by atoms with Gasteiger partial charge in [-0.3, -0.25) is 9.10 Å². The van der Waals surface area contributed by atoms with Crippen LogP contribution in [0, 0.1) is 0 Å². The van der Waals surface area contributed by atoms with Crippen molar-refractivity contribution in [3.63, 3.8) is 0 Å². The summed E-state index contributed by atoms with van der Waals surface area (Å²) in [7, 11) is -3.21. The highest BCUT2D eigenvalue weighted by molar-refractivity contribution is 9.10. The number of carbonyl (C=O) groups is 1. The Balaban J connectivity index is 1.57. The average molecular weight is 435 g/mol. The number of sulfonamides is 1. The fraction of sp³-hybridized carbons (Fsp3) is 0.176. The first kappa shape index (κ1) is 17.0. The number of carbonyl (C=O) groups excluding carboxylic acids is 1. The molecule has 0 spiro atoms. The minimum absolute atomic E-state index is 0.175. The van der Waals surface area contributed by atoms with Crippen molar-refractivity contribution in [2.75, 3.05) is 21.9 Å². The molecule has 1 saturated heterocycles. The summed E-state index contributed by atoms with van der Waals surface area (Å²) in [6.45, 7) is 0.489. The lowest BCUT2D eigenvalue weighted by molar-refractivity contribution is 0.102. The SMILES string of the molecule is O=C(Nc1ccc(N2CCCS2(=O)=O)cc1)c1cc(Br)cc2[nH]cnc12. The van der Waals surface area contributed by atoms with Crippen molar-refractivity contribution in [3.05, 3.63) is 52.8 Å². The summed E-state index contributed by atoms with van der Waals surface area (Å²) in [4.78, 5) is 19.8. The second-order valence-corrected chi connectivity index (χ2v) is 8.92. The Morgan fingerprint density at radius 2 is 2.00 bits per heavy atom. The van der Waals surface area contributed by atoms with Gasteiger partial charge in [-0.15, -0.1) is 0 Å². The molecular formula is C17H15BrN4O3S. The van der Waals surface area contributed by atoms with Crippen LogP contribution in [-0.2, 0) is 10.0 Å². The van der Waals surface area contributed by atoms with Crippen LogP contribution in [-0.4, -0.2) is 36.6 Å². The summed E-state index contributed by atoms with van der Waals surface area (Å²) < 4.78 is 26.1. The van der Waals surface area contributed by atoms with Gasteiger partial charge in [0.25, 0.3) is 5.91 Å². The second kappa shape index (κ2) is 6.40. The molecule has 0 atom stereocenters. The predicted octanol–water partition coefficient (Wildman–Crippen LogP) is 3.12. The van der Waals surface area contributed by atoms with Crippen molar-refractivity contribution in [1.29, 1.82) is 0 Å². The molecule has 7 nitrogen and oxygen atoms in total. The Hall–Kier alpha value is -2.39. The zero-order chi connectivity index (χ0) is 18.3. The van der Waals surface area contributed by atoms with Crippen LogP contribution in [0.15, 0.2) is 47.2 Å². The predicted molar refractivity (Wildman–Crippen MR) is 104 cm³/mol. The standard InChI is InChI=1S/C17H15BrN4O3S/c18-11-8-14(16-15(9-11)19-10-20-16)17(23)21-12-2-4-13(5-3-12)22-6-1-7-26(22,24)25/h2-5,8-10H,1,6-7H2,(H,19,20)(H,21,23). The van der Waals surface area contributed by atoms with E-state index in [1.807, 2.05) is 6.07 Å². The molecule has 0 saturated carbocycles. The molecule has 0 aliphatic carbocycles. The number of imidazole rings is 1. The average Bonchev–Trinajstić information content (AvgIpc) is 3.20. The van der Waals surface area contributed by atoms with E-state index < -0.39 is 10.0 Å². The van der Waals surface area contributed by atoms with Gasteiger partial charge in [-0.1, -0.05) is 15.9 Å². The van der Waals surface area contributed by atoms with E-state index in [1.54, 1.807) is 36.7 Å². The Kier molecular flexibility index (Phi) is 4.20. The molecule has 4 rings (SSSR count). The summed E-state index contributed by atoms with van der Waals surface area (Å²) >= 11 is 3.39. The zero-order valence-electron chi connectivity index (χ0n) is 13.6. The van der Waals surface area contributed by atoms with Crippen molar-refractivity contribution in [2.24, 2.45) is 0 Å². The quantitative estimate of drug-likeness (QED) is 0.661. The summed E-state index contributed by atoms with van der Waals surface area (Å²) in [6, 6.07) is 10.3. The summed E-state index contributed by atoms with van der Waals surface area (Å²) in [5.41, 5.74) is 2.99. The Morgan fingerprint density at radius 1 is 1.23 bits per heavy atom. The monoisotopic (exact) mass is 434 g/mol. The van der Waals surface area contributed by atoms with Crippen molar-refractivity contribution in [3.8, 4) is 0 Å². The molecule has 0 radical (unpaired) electrons. The van der Waals surface area contributed by atoms with Gasteiger partial charge in [-0.05, 0) is 42.8 Å². The first-order valence-corrected chi connectivity index (χ1v) is 10.4. The maximum absolute atomic E-state index is 12.6. The van der Waals surface area contributed by atoms with Gasteiger partial charge in [0.15, 0.2) is 0 Å². The maximum Gasteiger partial charge on any atom is 0.257 e. The number of rotatable bonds is 3. The molecule has 1 aromatic heterocycles. The van der Waals surface area contributed by atoms with Gasteiger partial charge in [-0.2, -0.15) is 0 Å². The van der Waals surface area contributed by atoms with Crippen molar-refractivity contribution in [1.82, 2.24) is 9.97 Å². The first-order chi connectivity index (χ1) is 12.4. The number of anilines is 2. The van der Waals surface area contributed by atoms with Gasteiger partial charge < -0.3 is 10.3 Å². The molecule has 26 heavy (non-hydrogen) atoms. The summed E-state index contributed by atoms with van der Waals surface area (Å²) in [5, 5.41) is 2.82. The summed E-state index contributed by atoms with van der Waals surface area (Å²) in [6.07, 6.45) is 2.17. The molecule has 1 aliphatic rings. The molecule has 0 unspecified atom stereocenters. The molecule has 0 bridgehead atoms. The molecule has 134 valence electrons. The van der Waals surface area contributed by atoms with Gasteiger partial charge in [0.2, 0.25) is 10.0 Å². The third kappa shape index (κ3) is 3.08. The van der Waals surface area contributed by atoms with Crippen molar-refractivity contribution in [2.45, 2.75) is 6.42 Å². The van der Waals surface area contributed by atoms with Crippen LogP contribution in [0.3, 0.4) is 0 Å². The molecule has 1 fully saturated rings. The number of fused-ring (bicyclic) bond motifs is 1. The first-order valence-electron chi connectivity index (χ1n) is 7.98. The molecule has 9 heteroatoms. The molecule has 2 N–H and O–H groups in total. The number of aromatic amines is 1. The number of nitrogens with one attached hydrogen (secondary N) is 2. The normalized spacial score (nSPS) is 16.1. The van der Waals surface area contributed by atoms with Crippen LogP contribution in [0.25, 0.3) is 11.0 Å². The zero-order valence-corrected chi connectivity index (χ0v) is 16.0. The number of hydrogen-bond acceptors (Lipinski definition) is 4. The Bertz CT molecular complexity index is 1090. The molecule has 3 aromatic rings. The van der Waals surface area contributed by atoms with Crippen LogP contribution in [0.5, 0.6) is 0 Å². The number of aromatic nitrogens is 2. The highest BCUT2D eigenvalue weighted by Gasteiger charge is 2.28. The third-order valence-corrected chi connectivity index (χ3v) is 6.57. The van der Waals surface area contributed by atoms with E-state index in [9.17, 15) is 13.2 Å². The van der Waals surface area contributed by atoms with Gasteiger partial charge in [0.05, 0.1) is 28.8 Å². The van der Waals surface area contributed by atoms with Crippen LogP contribution in [0.1, 0.15) is 16.8 Å². The lowest BCUT2D eigenvalue weighted by Gasteiger charge is -2.17. The Morgan fingerprint density at radius 3 is 2.69 bits per heavy atom. The lowest BCUT2D eigenvalue weighted by Crippen LogP contribution is -2.25. The summed E-state index contributed by atoms with van der Waals surface area (Å²) in [5.74, 6) is -0.112. The molecule has 1 aliphatic heterocycles. The Labute approximate surface area is 158 Å². The molecule has 2 heterocycles. The minimum atomic E-state index is -3.21. The van der Waals surface area contributed by atoms with E-state index in [0.29, 0.717) is 35.4 Å². The largest absolute Gasteiger partial charge is 0.345 e. The van der Waals surface area contributed by atoms with Gasteiger partial charge in [-0.25, -0.2) is 13.4 Å². The number of H-pyrrole nitrogens is 1. The van der Waals surface area contributed by atoms with Crippen LogP contribution in [0.4, 0.5) is 11.4 Å². The molecule has 1 amide bonds. The van der Waals surface area contributed by atoms with Gasteiger partial charge >= 0.3 is 0 Å². The van der Waals surface area contributed by atoms with Crippen molar-refractivity contribution >= 4 is 54.3 Å². The number of amides is 1. The topological polar surface area (TPSA) is 95.2 Å². The fourth-order valence-corrected chi connectivity index (χ4v) is 5.05. The van der Waals surface area contributed by atoms with Crippen LogP contribution in [0.2, 0.25) is 0 Å². The lowest BCUT2D eigenvalue weighted by atomic mass is 10.1. The van der Waals surface area contributed by atoms with Crippen molar-refractivity contribution < 1.29 is 13.2 Å². The third-order valence-electron chi connectivity index (χ3n) is 4.25. The minimum Gasteiger partial charge on any atom is -0.345 e. The highest BCUT2D eigenvalue weighted by Crippen LogP contribution is 2.26. The van der Waals surface area contributed by atoms with Gasteiger partial charge in [0.1, 0.15) is 5.52 Å². The number of hydrogen-bond donors (Lipinski definition) is 2. The highest BCUT2D eigenvalue weighted by atomic mass is 79.9. The van der Waals surface area contributed by atoms with E-state index in [0.717, 1.165) is 9.99 Å². The second-order valence-electron chi connectivity index (χ2n) is 5.99. The number of nitrogens with zero attached hydrogens (tertiary/aromatic N) is 2. The van der Waals surface area contributed by atoms with Crippen LogP contribution >= 0.6 is 15.9 Å². The van der Waals surface area contributed by atoms with E-state index in [4.69, 9.17) is 0 Å². The van der Waals surface area contributed by atoms with E-state index in [1.165, 1.54) is 4.31 Å². The fourth-order valence-electron chi connectivity index (χ4n) is 3.03. The van der Waals surface area contributed by atoms with E-state index in [2.05, 4.69) is 31.2 Å². The smallest absolute Gasteiger partial charge is 0.257 e. The van der Waals surface area contributed by atoms with Crippen LogP contribution < -0.4 is 9.62 Å². The van der Waals surface area contributed by atoms with E-state index >= 15 is 0 Å². The molecular weight excluding hydrogens is 420 g/mol. The van der Waals surface area contributed by atoms with Gasteiger partial charge in [0, 0.05) is 16.7 Å². The molecule has 2 aromatic carbocycles.